The van der Waals surface area contributed by atoms with Crippen LogP contribution in [0.4, 0.5) is 5.69 Å². The first-order chi connectivity index (χ1) is 39.2. The second-order valence-corrected chi connectivity index (χ2v) is 25.7. The maximum absolute atomic E-state index is 12.6. The molecule has 0 amide bonds. The number of fused-ring (bicyclic) bond motifs is 20. The van der Waals surface area contributed by atoms with Gasteiger partial charge in [0.25, 0.3) is 0 Å². The zero-order chi connectivity index (χ0) is 53.4. The van der Waals surface area contributed by atoms with Crippen LogP contribution >= 0.6 is 45.3 Å². The van der Waals surface area contributed by atoms with E-state index in [1.54, 1.807) is 22.7 Å². The molecule has 0 aliphatic heterocycles. The Morgan fingerprint density at radius 3 is 1.23 bits per heavy atom. The lowest BCUT2D eigenvalue weighted by Crippen LogP contribution is -2.09. The van der Waals surface area contributed by atoms with Gasteiger partial charge in [-0.2, -0.15) is 5.26 Å². The first-order valence-electron chi connectivity index (χ1n) is 26.8. The lowest BCUT2D eigenvalue weighted by molar-refractivity contribution is 1.14. The van der Waals surface area contributed by atoms with Crippen LogP contribution in [0.1, 0.15) is 27.8 Å². The van der Waals surface area contributed by atoms with E-state index >= 15 is 0 Å². The molecular weight excluding hydrogens is 1050 g/mol. The average molecular weight is 1090 g/mol. The first-order valence-corrected chi connectivity index (χ1v) is 30.1. The predicted molar refractivity (Wildman–Crippen MR) is 347 cm³/mol. The minimum absolute atomic E-state index is 0.435. The summed E-state index contributed by atoms with van der Waals surface area (Å²) in [7, 11) is 0. The highest BCUT2D eigenvalue weighted by atomic mass is 32.1. The molecule has 6 aromatic heterocycles. The van der Waals surface area contributed by atoms with Crippen LogP contribution in [-0.2, 0) is 0 Å². The number of nitriles is 1. The van der Waals surface area contributed by atoms with Gasteiger partial charge in [-0.25, -0.2) is 4.85 Å². The molecule has 0 unspecified atom stereocenters. The van der Waals surface area contributed by atoms with Crippen molar-refractivity contribution < 1.29 is 0 Å². The molecule has 0 radical (unpaired) electrons. The summed E-state index contributed by atoms with van der Waals surface area (Å²) in [5.74, 6) is 0. The largest absolute Gasteiger partial charge is 0.317 e. The van der Waals surface area contributed by atoms with Crippen molar-refractivity contribution in [1.29, 1.82) is 5.26 Å². The molecule has 0 aliphatic carbocycles. The lowest BCUT2D eigenvalue weighted by atomic mass is 9.88. The summed E-state index contributed by atoms with van der Waals surface area (Å²) in [6.45, 7) is 18.7. The molecule has 17 aromatic rings. The van der Waals surface area contributed by atoms with Crippen molar-refractivity contribution in [2.24, 2.45) is 0 Å². The van der Waals surface area contributed by atoms with Gasteiger partial charge < -0.3 is 9.13 Å². The van der Waals surface area contributed by atoms with Gasteiger partial charge in [-0.05, 0) is 134 Å². The minimum Gasteiger partial charge on any atom is -0.317 e. The number of nitrogens with zero attached hydrogens (tertiary/aromatic N) is 4. The van der Waals surface area contributed by atoms with Crippen molar-refractivity contribution >= 4 is 175 Å². The normalized spacial score (nSPS) is 12.2. The van der Waals surface area contributed by atoms with Gasteiger partial charge in [-0.15, -0.1) is 45.3 Å². The fraction of sp³-hybridized carbons (Fsp3) is 0.0556. The molecule has 0 N–H and O–H groups in total. The summed E-state index contributed by atoms with van der Waals surface area (Å²) in [6, 6.07) is 69.8. The van der Waals surface area contributed by atoms with Gasteiger partial charge in [0.05, 0.1) is 55.0 Å². The highest BCUT2D eigenvalue weighted by Crippen LogP contribution is 2.56. The van der Waals surface area contributed by atoms with E-state index in [-0.39, 0.29) is 0 Å². The molecule has 0 bridgehead atoms. The van der Waals surface area contributed by atoms with Crippen molar-refractivity contribution in [3.05, 3.63) is 221 Å². The molecule has 0 fully saturated rings. The Labute approximate surface area is 474 Å². The smallest absolute Gasteiger partial charge is 0.220 e. The van der Waals surface area contributed by atoms with Crippen LogP contribution in [0, 0.1) is 45.6 Å². The van der Waals surface area contributed by atoms with E-state index in [0.29, 0.717) is 16.8 Å². The van der Waals surface area contributed by atoms with Gasteiger partial charge >= 0.3 is 0 Å². The number of thiophene rings is 4. The standard InChI is InChI=1S/C72H42N4S4/c1-37-30-51-47-24-26-49-43-14-6-12-20-60(43)79-71(49)68(47)75(56(51)32-39(37)3)67-55(36-73)64(41-22-28-62-53(34-41)45-16-8-10-18-58(45)77-62)66(74-5)70(65(67)42-23-29-63-54(35-42)46-17-9-11-19-59(46)78-63)76-57-33-40(4)38(2)31-52(57)48-25-27-50-44-15-7-13-21-61(44)80-72(50)69(48)76/h6-35H,1-4H3. The predicted octanol–water partition coefficient (Wildman–Crippen LogP) is 22.3. The van der Waals surface area contributed by atoms with Gasteiger partial charge in [-0.3, -0.25) is 0 Å². The van der Waals surface area contributed by atoms with Gasteiger partial charge in [0.2, 0.25) is 5.69 Å². The zero-order valence-corrected chi connectivity index (χ0v) is 47.0. The summed E-state index contributed by atoms with van der Waals surface area (Å²) in [4.78, 5) is 4.84. The fourth-order valence-electron chi connectivity index (χ4n) is 13.2. The molecule has 11 aromatic carbocycles. The van der Waals surface area contributed by atoms with E-state index in [9.17, 15) is 11.8 Å². The van der Waals surface area contributed by atoms with Crippen LogP contribution in [0.5, 0.6) is 0 Å². The lowest BCUT2D eigenvalue weighted by Gasteiger charge is -2.26. The third-order valence-electron chi connectivity index (χ3n) is 17.2. The third-order valence-corrected chi connectivity index (χ3v) is 21.9. The van der Waals surface area contributed by atoms with E-state index in [4.69, 9.17) is 4.85 Å². The number of benzene rings is 11. The molecule has 6 heterocycles. The second kappa shape index (κ2) is 16.7. The van der Waals surface area contributed by atoms with Crippen LogP contribution in [0.2, 0.25) is 0 Å². The molecule has 0 atom stereocenters. The molecule has 4 nitrogen and oxygen atoms in total. The maximum Gasteiger partial charge on any atom is 0.220 e. The summed E-state index contributed by atoms with van der Waals surface area (Å²) in [5, 5.41) is 26.5. The molecule has 80 heavy (non-hydrogen) atoms. The highest BCUT2D eigenvalue weighted by molar-refractivity contribution is 7.27. The zero-order valence-electron chi connectivity index (χ0n) is 43.7. The molecule has 17 rings (SSSR count). The van der Waals surface area contributed by atoms with Crippen molar-refractivity contribution in [3.8, 4) is 39.7 Å². The van der Waals surface area contributed by atoms with Gasteiger partial charge in [0, 0.05) is 104 Å². The van der Waals surface area contributed by atoms with Crippen LogP contribution in [-0.4, -0.2) is 9.13 Å². The van der Waals surface area contributed by atoms with Gasteiger partial charge in [0.1, 0.15) is 6.07 Å². The third kappa shape index (κ3) is 6.17. The Hall–Kier alpha value is -9.12. The van der Waals surface area contributed by atoms with Crippen LogP contribution in [0.3, 0.4) is 0 Å². The van der Waals surface area contributed by atoms with E-state index in [1.807, 2.05) is 22.7 Å². The van der Waals surface area contributed by atoms with Crippen LogP contribution in [0.15, 0.2) is 182 Å². The van der Waals surface area contributed by atoms with Crippen molar-refractivity contribution in [2.75, 3.05) is 0 Å². The Bertz CT molecular complexity index is 5520. The van der Waals surface area contributed by atoms with Crippen LogP contribution < -0.4 is 0 Å². The average Bonchev–Trinajstić information content (AvgIpc) is 4.50. The van der Waals surface area contributed by atoms with E-state index in [2.05, 4.69) is 225 Å². The van der Waals surface area contributed by atoms with Crippen molar-refractivity contribution in [3.63, 3.8) is 0 Å². The van der Waals surface area contributed by atoms with Crippen LogP contribution in [0.25, 0.3) is 163 Å². The Kier molecular flexibility index (Phi) is 9.58. The molecule has 0 saturated carbocycles. The Morgan fingerprint density at radius 1 is 0.375 bits per heavy atom. The molecule has 0 saturated heterocycles. The van der Waals surface area contributed by atoms with E-state index < -0.39 is 0 Å². The Morgan fingerprint density at radius 2 is 0.762 bits per heavy atom. The Balaban J connectivity index is 1.18. The maximum atomic E-state index is 12.6. The molecular formula is C72H42N4S4. The number of aromatic nitrogens is 2. The summed E-state index contributed by atoms with van der Waals surface area (Å²) in [5.41, 5.74) is 14.5. The molecule has 0 aliphatic rings. The topological polar surface area (TPSA) is 38.0 Å². The monoisotopic (exact) mass is 1090 g/mol. The summed E-state index contributed by atoms with van der Waals surface area (Å²) in [6.07, 6.45) is 0. The summed E-state index contributed by atoms with van der Waals surface area (Å²) < 4.78 is 14.4. The number of hydrogen-bond acceptors (Lipinski definition) is 5. The number of hydrogen-bond donors (Lipinski definition) is 0. The number of rotatable bonds is 4. The highest BCUT2D eigenvalue weighted by Gasteiger charge is 2.34. The van der Waals surface area contributed by atoms with E-state index in [1.165, 1.54) is 61.6 Å². The summed E-state index contributed by atoms with van der Waals surface area (Å²) >= 11 is 7.20. The second-order valence-electron chi connectivity index (χ2n) is 21.5. The molecule has 374 valence electrons. The minimum atomic E-state index is 0.435. The van der Waals surface area contributed by atoms with Crippen molar-refractivity contribution in [1.82, 2.24) is 9.13 Å². The van der Waals surface area contributed by atoms with Gasteiger partial charge in [-0.1, -0.05) is 109 Å². The van der Waals surface area contributed by atoms with Gasteiger partial charge in [0.15, 0.2) is 0 Å². The SMILES string of the molecule is [C-]#[N+]c1c(-c2ccc3sc4ccccc4c3c2)c(C#N)c(-n2c3cc(C)c(C)cc3c3ccc4c5ccccc5sc4c32)c(-c2ccc3sc4ccccc4c3c2)c1-n1c2cc(C)c(C)cc2c2ccc3c4ccccc4sc3c21. The molecule has 8 heteroatoms. The first kappa shape index (κ1) is 45.9. The van der Waals surface area contributed by atoms with E-state index in [0.717, 1.165) is 113 Å². The molecule has 0 spiro atoms. The van der Waals surface area contributed by atoms with Crippen molar-refractivity contribution in [2.45, 2.75) is 27.7 Å². The number of aryl methyl sites for hydroxylation is 4. The quantitative estimate of drug-likeness (QED) is 0.162. The fourth-order valence-corrected chi connectivity index (χ4v) is 17.9.